The molecule has 1 atom stereocenters. The average Bonchev–Trinajstić information content (AvgIpc) is 3.03. The Bertz CT molecular complexity index is 998. The van der Waals surface area contributed by atoms with E-state index in [4.69, 9.17) is 4.52 Å². The van der Waals surface area contributed by atoms with Crippen LogP contribution in [0.5, 0.6) is 0 Å². The lowest BCUT2D eigenvalue weighted by Gasteiger charge is -2.22. The Balaban J connectivity index is 1.74. The molecule has 1 amide bonds. The summed E-state index contributed by atoms with van der Waals surface area (Å²) in [5.74, 6) is 1.17. The maximum Gasteiger partial charge on any atom is 0.241 e. The van der Waals surface area contributed by atoms with Gasteiger partial charge in [0.2, 0.25) is 15.9 Å². The topological polar surface area (TPSA) is 92.5 Å². The third-order valence-corrected chi connectivity index (χ3v) is 7.16. The maximum atomic E-state index is 13.1. The number of amides is 1. The van der Waals surface area contributed by atoms with E-state index in [9.17, 15) is 13.2 Å². The monoisotopic (exact) mass is 433 g/mol. The quantitative estimate of drug-likeness (QED) is 0.719. The molecule has 1 N–H and O–H groups in total. The van der Waals surface area contributed by atoms with Crippen molar-refractivity contribution in [1.29, 1.82) is 0 Å². The van der Waals surface area contributed by atoms with Gasteiger partial charge in [0, 0.05) is 37.2 Å². The summed E-state index contributed by atoms with van der Waals surface area (Å²) >= 11 is 0. The molecule has 1 aliphatic rings. The minimum Gasteiger partial charge on any atom is -0.356 e. The number of hydrogen-bond donors (Lipinski definition) is 1. The van der Waals surface area contributed by atoms with Crippen molar-refractivity contribution in [3.05, 3.63) is 35.5 Å². The number of likely N-dealkylation sites (tertiary alicyclic amines) is 1. The summed E-state index contributed by atoms with van der Waals surface area (Å²) in [5, 5.41) is 3.87. The Kier molecular flexibility index (Phi) is 6.98. The van der Waals surface area contributed by atoms with E-state index < -0.39 is 10.0 Å². The van der Waals surface area contributed by atoms with E-state index in [-0.39, 0.29) is 16.8 Å². The zero-order valence-corrected chi connectivity index (χ0v) is 19.0. The number of sulfonamides is 1. The minimum absolute atomic E-state index is 0.108. The Morgan fingerprint density at radius 2 is 2.00 bits per heavy atom. The first kappa shape index (κ1) is 22.5. The van der Waals surface area contributed by atoms with E-state index >= 15 is 0 Å². The SMILES string of the molecule is Cc1cc(-c2ccc(C)c(S(=O)(=O)NC3CCC(=O)N(CCC(C)C)CC3)c2)on1. The molecule has 2 aromatic rings. The third kappa shape index (κ3) is 5.49. The number of aryl methyl sites for hydroxylation is 2. The van der Waals surface area contributed by atoms with Crippen molar-refractivity contribution in [2.75, 3.05) is 13.1 Å². The molecule has 0 saturated carbocycles. The van der Waals surface area contributed by atoms with Gasteiger partial charge in [-0.15, -0.1) is 0 Å². The fourth-order valence-electron chi connectivity index (χ4n) is 3.63. The molecule has 0 aliphatic carbocycles. The van der Waals surface area contributed by atoms with Crippen molar-refractivity contribution in [3.8, 4) is 11.3 Å². The zero-order valence-electron chi connectivity index (χ0n) is 18.1. The van der Waals surface area contributed by atoms with E-state index in [1.807, 2.05) is 17.9 Å². The van der Waals surface area contributed by atoms with Gasteiger partial charge in [0.15, 0.2) is 5.76 Å². The Hall–Kier alpha value is -2.19. The number of hydrogen-bond acceptors (Lipinski definition) is 5. The largest absolute Gasteiger partial charge is 0.356 e. The highest BCUT2D eigenvalue weighted by Crippen LogP contribution is 2.26. The highest BCUT2D eigenvalue weighted by molar-refractivity contribution is 7.89. The lowest BCUT2D eigenvalue weighted by molar-refractivity contribution is -0.130. The summed E-state index contributed by atoms with van der Waals surface area (Å²) in [6.45, 7) is 9.17. The maximum absolute atomic E-state index is 13.1. The summed E-state index contributed by atoms with van der Waals surface area (Å²) < 4.78 is 34.4. The van der Waals surface area contributed by atoms with Crippen molar-refractivity contribution in [2.24, 2.45) is 5.92 Å². The molecule has 164 valence electrons. The molecule has 1 aromatic heterocycles. The second-order valence-electron chi connectivity index (χ2n) is 8.52. The summed E-state index contributed by atoms with van der Waals surface area (Å²) in [6, 6.07) is 6.72. The standard InChI is InChI=1S/C22H31N3O4S/c1-15(2)9-11-25-12-10-19(7-8-22(25)26)24-30(27,28)21-14-18(6-5-16(21)3)20-13-17(4)23-29-20/h5-6,13-15,19,24H,7-12H2,1-4H3. The van der Waals surface area contributed by atoms with Gasteiger partial charge in [-0.25, -0.2) is 13.1 Å². The summed E-state index contributed by atoms with van der Waals surface area (Å²) in [5.41, 5.74) is 2.06. The van der Waals surface area contributed by atoms with E-state index in [1.165, 1.54) is 0 Å². The fraction of sp³-hybridized carbons (Fsp3) is 0.545. The molecule has 1 aliphatic heterocycles. The molecule has 1 unspecified atom stereocenters. The van der Waals surface area contributed by atoms with Gasteiger partial charge in [-0.2, -0.15) is 0 Å². The van der Waals surface area contributed by atoms with E-state index in [0.717, 1.165) is 18.7 Å². The van der Waals surface area contributed by atoms with Crippen LogP contribution in [0.1, 0.15) is 50.8 Å². The van der Waals surface area contributed by atoms with E-state index in [1.54, 1.807) is 25.1 Å². The lowest BCUT2D eigenvalue weighted by atomic mass is 10.1. The number of nitrogens with one attached hydrogen (secondary N) is 1. The highest BCUT2D eigenvalue weighted by atomic mass is 32.2. The molecule has 2 heterocycles. The van der Waals surface area contributed by atoms with Crippen molar-refractivity contribution in [1.82, 2.24) is 14.8 Å². The van der Waals surface area contributed by atoms with Crippen LogP contribution in [0.3, 0.4) is 0 Å². The molecule has 7 nitrogen and oxygen atoms in total. The van der Waals surface area contributed by atoms with Crippen LogP contribution in [-0.4, -0.2) is 43.5 Å². The Morgan fingerprint density at radius 1 is 1.23 bits per heavy atom. The number of rotatable bonds is 7. The molecule has 30 heavy (non-hydrogen) atoms. The Labute approximate surface area is 178 Å². The highest BCUT2D eigenvalue weighted by Gasteiger charge is 2.27. The van der Waals surface area contributed by atoms with E-state index in [0.29, 0.717) is 48.6 Å². The first-order valence-electron chi connectivity index (χ1n) is 10.5. The van der Waals surface area contributed by atoms with Crippen molar-refractivity contribution < 1.29 is 17.7 Å². The first-order chi connectivity index (χ1) is 14.2. The first-order valence-corrected chi connectivity index (χ1v) is 12.0. The summed E-state index contributed by atoms with van der Waals surface area (Å²) in [7, 11) is -3.73. The van der Waals surface area contributed by atoms with Gasteiger partial charge in [-0.3, -0.25) is 4.79 Å². The molecule has 8 heteroatoms. The zero-order chi connectivity index (χ0) is 21.9. The van der Waals surface area contributed by atoms with Gasteiger partial charge in [-0.1, -0.05) is 31.1 Å². The number of nitrogens with zero attached hydrogens (tertiary/aromatic N) is 2. The number of benzene rings is 1. The van der Waals surface area contributed by atoms with Crippen LogP contribution in [0.15, 0.2) is 33.7 Å². The molecule has 0 bridgehead atoms. The lowest BCUT2D eigenvalue weighted by Crippen LogP contribution is -2.36. The van der Waals surface area contributed by atoms with Crippen molar-refractivity contribution >= 4 is 15.9 Å². The number of aromatic nitrogens is 1. The molecular weight excluding hydrogens is 402 g/mol. The normalized spacial score (nSPS) is 18.1. The van der Waals surface area contributed by atoms with Gasteiger partial charge in [0.05, 0.1) is 10.6 Å². The van der Waals surface area contributed by atoms with Crippen LogP contribution >= 0.6 is 0 Å². The summed E-state index contributed by atoms with van der Waals surface area (Å²) in [4.78, 5) is 14.5. The van der Waals surface area contributed by atoms with Gasteiger partial charge in [0.1, 0.15) is 0 Å². The van der Waals surface area contributed by atoms with Crippen LogP contribution in [0.25, 0.3) is 11.3 Å². The smallest absolute Gasteiger partial charge is 0.241 e. The minimum atomic E-state index is -3.73. The predicted octanol–water partition coefficient (Wildman–Crippen LogP) is 3.66. The predicted molar refractivity (Wildman–Crippen MR) is 115 cm³/mol. The summed E-state index contributed by atoms with van der Waals surface area (Å²) in [6.07, 6.45) is 2.44. The van der Waals surface area contributed by atoms with Gasteiger partial charge in [0.25, 0.3) is 0 Å². The van der Waals surface area contributed by atoms with Crippen LogP contribution in [0.4, 0.5) is 0 Å². The average molecular weight is 434 g/mol. The molecule has 3 rings (SSSR count). The third-order valence-electron chi connectivity index (χ3n) is 5.50. The van der Waals surface area contributed by atoms with Crippen LogP contribution in [0, 0.1) is 19.8 Å². The molecule has 0 radical (unpaired) electrons. The van der Waals surface area contributed by atoms with Crippen LogP contribution in [0.2, 0.25) is 0 Å². The van der Waals surface area contributed by atoms with Gasteiger partial charge < -0.3 is 9.42 Å². The van der Waals surface area contributed by atoms with E-state index in [2.05, 4.69) is 23.7 Å². The number of carbonyl (C=O) groups excluding carboxylic acids is 1. The second kappa shape index (κ2) is 9.31. The second-order valence-corrected chi connectivity index (χ2v) is 10.2. The Morgan fingerprint density at radius 3 is 2.67 bits per heavy atom. The van der Waals surface area contributed by atoms with Crippen LogP contribution in [-0.2, 0) is 14.8 Å². The van der Waals surface area contributed by atoms with Crippen molar-refractivity contribution in [2.45, 2.75) is 64.3 Å². The van der Waals surface area contributed by atoms with Gasteiger partial charge in [-0.05, 0) is 50.7 Å². The molecule has 0 spiro atoms. The molecule has 1 fully saturated rings. The molecule has 1 aromatic carbocycles. The van der Waals surface area contributed by atoms with Gasteiger partial charge >= 0.3 is 0 Å². The fourth-order valence-corrected chi connectivity index (χ4v) is 5.21. The van der Waals surface area contributed by atoms with Crippen LogP contribution < -0.4 is 4.72 Å². The van der Waals surface area contributed by atoms with Crippen molar-refractivity contribution in [3.63, 3.8) is 0 Å². The molecule has 1 saturated heterocycles. The molecular formula is C22H31N3O4S. The number of carbonyl (C=O) groups is 1.